The maximum atomic E-state index is 2.32. The Morgan fingerprint density at radius 1 is 0.700 bits per heavy atom. The Morgan fingerprint density at radius 3 is 1.95 bits per heavy atom. The van der Waals surface area contributed by atoms with Crippen LogP contribution >= 0.6 is 0 Å². The third-order valence-electron chi connectivity index (χ3n) is 3.61. The molecular weight excluding hydrogens is 240 g/mol. The molecular formula is C20H18. The van der Waals surface area contributed by atoms with Crippen LogP contribution in [0.3, 0.4) is 0 Å². The van der Waals surface area contributed by atoms with Gasteiger partial charge in [-0.25, -0.2) is 0 Å². The predicted octanol–water partition coefficient (Wildman–Crippen LogP) is 5.50. The molecule has 3 rings (SSSR count). The molecule has 0 heterocycles. The quantitative estimate of drug-likeness (QED) is 0.667. The van der Waals surface area contributed by atoms with E-state index in [0.29, 0.717) is 0 Å². The maximum Gasteiger partial charge on any atom is -0.00856 e. The van der Waals surface area contributed by atoms with Gasteiger partial charge in [-0.1, -0.05) is 84.5 Å². The van der Waals surface area contributed by atoms with Crippen LogP contribution < -0.4 is 0 Å². The van der Waals surface area contributed by atoms with E-state index in [0.717, 1.165) is 6.42 Å². The van der Waals surface area contributed by atoms with E-state index in [1.807, 2.05) is 0 Å². The first-order valence-corrected chi connectivity index (χ1v) is 7.03. The fourth-order valence-electron chi connectivity index (χ4n) is 2.51. The van der Waals surface area contributed by atoms with Gasteiger partial charge in [0.05, 0.1) is 0 Å². The van der Waals surface area contributed by atoms with Crippen LogP contribution in [0.2, 0.25) is 0 Å². The summed E-state index contributed by atoms with van der Waals surface area (Å²) in [4.78, 5) is 0. The third-order valence-corrected chi connectivity index (χ3v) is 3.61. The topological polar surface area (TPSA) is 0 Å². The van der Waals surface area contributed by atoms with Crippen molar-refractivity contribution in [2.75, 3.05) is 0 Å². The molecule has 0 nitrogen and oxygen atoms in total. The first kappa shape index (κ1) is 12.7. The van der Waals surface area contributed by atoms with Crippen LogP contribution in [-0.2, 0) is 0 Å². The lowest BCUT2D eigenvalue weighted by molar-refractivity contribution is 1.35. The van der Waals surface area contributed by atoms with E-state index in [1.54, 1.807) is 0 Å². The highest BCUT2D eigenvalue weighted by Gasteiger charge is 2.07. The average molecular weight is 258 g/mol. The van der Waals surface area contributed by atoms with E-state index in [9.17, 15) is 0 Å². The lowest BCUT2D eigenvalue weighted by atomic mass is 9.98. The molecule has 98 valence electrons. The monoisotopic (exact) mass is 258 g/mol. The van der Waals surface area contributed by atoms with Crippen LogP contribution in [0.15, 0.2) is 84.5 Å². The van der Waals surface area contributed by atoms with Crippen LogP contribution in [0, 0.1) is 0 Å². The second-order valence-corrected chi connectivity index (χ2v) is 5.15. The molecule has 0 heteroatoms. The molecule has 0 aromatic heterocycles. The summed E-state index contributed by atoms with van der Waals surface area (Å²) in [5.74, 6) is 0. The molecule has 0 spiro atoms. The zero-order valence-corrected chi connectivity index (χ0v) is 11.7. The van der Waals surface area contributed by atoms with Crippen molar-refractivity contribution >= 4 is 11.1 Å². The first-order chi connectivity index (χ1) is 9.83. The summed E-state index contributed by atoms with van der Waals surface area (Å²) < 4.78 is 0. The van der Waals surface area contributed by atoms with Crippen molar-refractivity contribution in [3.8, 4) is 0 Å². The van der Waals surface area contributed by atoms with Crippen molar-refractivity contribution in [2.45, 2.75) is 13.3 Å². The highest BCUT2D eigenvalue weighted by molar-refractivity contribution is 5.86. The van der Waals surface area contributed by atoms with E-state index in [1.165, 1.54) is 27.8 Å². The molecule has 0 bridgehead atoms. The van der Waals surface area contributed by atoms with E-state index in [4.69, 9.17) is 0 Å². The van der Waals surface area contributed by atoms with Crippen LogP contribution in [0.1, 0.15) is 24.5 Å². The summed E-state index contributed by atoms with van der Waals surface area (Å²) in [6, 6.07) is 21.2. The minimum Gasteiger partial charge on any atom is -0.0772 e. The summed E-state index contributed by atoms with van der Waals surface area (Å²) >= 11 is 0. The van der Waals surface area contributed by atoms with Gasteiger partial charge in [0, 0.05) is 0 Å². The molecule has 2 aromatic rings. The van der Waals surface area contributed by atoms with Gasteiger partial charge in [0.1, 0.15) is 0 Å². The van der Waals surface area contributed by atoms with Crippen molar-refractivity contribution in [2.24, 2.45) is 0 Å². The first-order valence-electron chi connectivity index (χ1n) is 7.03. The Kier molecular flexibility index (Phi) is 3.64. The molecule has 0 saturated carbocycles. The Balaban J connectivity index is 2.06. The van der Waals surface area contributed by atoms with Crippen molar-refractivity contribution in [3.63, 3.8) is 0 Å². The predicted molar refractivity (Wildman–Crippen MR) is 87.2 cm³/mol. The molecule has 0 amide bonds. The molecule has 0 unspecified atom stereocenters. The second kappa shape index (κ2) is 5.75. The second-order valence-electron chi connectivity index (χ2n) is 5.15. The Morgan fingerprint density at radius 2 is 1.30 bits per heavy atom. The minimum absolute atomic E-state index is 0.989. The molecule has 2 aromatic carbocycles. The number of rotatable bonds is 2. The van der Waals surface area contributed by atoms with Gasteiger partial charge in [0.25, 0.3) is 0 Å². The molecule has 0 saturated heterocycles. The van der Waals surface area contributed by atoms with Gasteiger partial charge in [0.15, 0.2) is 0 Å². The summed E-state index contributed by atoms with van der Waals surface area (Å²) in [5.41, 5.74) is 6.56. The molecule has 1 aliphatic rings. The van der Waals surface area contributed by atoms with Crippen molar-refractivity contribution in [1.82, 2.24) is 0 Å². The minimum atomic E-state index is 0.989. The largest absolute Gasteiger partial charge is 0.0772 e. The Bertz CT molecular complexity index is 670. The van der Waals surface area contributed by atoms with Gasteiger partial charge in [-0.15, -0.1) is 0 Å². The van der Waals surface area contributed by atoms with Crippen molar-refractivity contribution in [1.29, 1.82) is 0 Å². The van der Waals surface area contributed by atoms with Crippen LogP contribution in [-0.4, -0.2) is 0 Å². The lowest BCUT2D eigenvalue weighted by Crippen LogP contribution is -1.85. The van der Waals surface area contributed by atoms with Crippen molar-refractivity contribution < 1.29 is 0 Å². The fraction of sp³-hybridized carbons (Fsp3) is 0.100. The fourth-order valence-corrected chi connectivity index (χ4v) is 2.51. The number of hydrogen-bond donors (Lipinski definition) is 0. The molecule has 0 aliphatic heterocycles. The molecule has 1 aliphatic carbocycles. The Labute approximate surface area is 120 Å². The zero-order valence-electron chi connectivity index (χ0n) is 11.7. The molecule has 0 atom stereocenters. The number of allylic oxidation sites excluding steroid dienone is 6. The van der Waals surface area contributed by atoms with Crippen LogP contribution in [0.4, 0.5) is 0 Å². The lowest BCUT2D eigenvalue weighted by Gasteiger charge is -2.07. The van der Waals surface area contributed by atoms with Crippen LogP contribution in [0.25, 0.3) is 11.1 Å². The maximum absolute atomic E-state index is 2.32. The zero-order chi connectivity index (χ0) is 13.8. The van der Waals surface area contributed by atoms with E-state index >= 15 is 0 Å². The van der Waals surface area contributed by atoms with E-state index in [-0.39, 0.29) is 0 Å². The standard InChI is InChI=1S/C20H18/c1-16-12-13-19(17-8-4-2-5-9-17)15-20(14-16)18-10-6-3-7-11-18/h2-12,14-15H,13H2,1H3. The highest BCUT2D eigenvalue weighted by atomic mass is 14.1. The summed E-state index contributed by atoms with van der Waals surface area (Å²) in [7, 11) is 0. The number of hydrogen-bond acceptors (Lipinski definition) is 0. The SMILES string of the molecule is CC1=CCC(c2ccccc2)=CC(c2ccccc2)=C1. The van der Waals surface area contributed by atoms with Gasteiger partial charge in [-0.05, 0) is 35.6 Å². The summed E-state index contributed by atoms with van der Waals surface area (Å²) in [6.45, 7) is 2.17. The Hall–Kier alpha value is -2.34. The molecule has 20 heavy (non-hydrogen) atoms. The summed E-state index contributed by atoms with van der Waals surface area (Å²) in [6.07, 6.45) is 7.88. The van der Waals surface area contributed by atoms with Gasteiger partial charge in [0.2, 0.25) is 0 Å². The summed E-state index contributed by atoms with van der Waals surface area (Å²) in [5, 5.41) is 0. The van der Waals surface area contributed by atoms with E-state index in [2.05, 4.69) is 85.8 Å². The normalized spacial score (nSPS) is 14.9. The molecule has 0 fully saturated rings. The molecule has 0 N–H and O–H groups in total. The van der Waals surface area contributed by atoms with E-state index < -0.39 is 0 Å². The van der Waals surface area contributed by atoms with Crippen molar-refractivity contribution in [3.05, 3.63) is 95.6 Å². The van der Waals surface area contributed by atoms with Crippen LogP contribution in [0.5, 0.6) is 0 Å². The third kappa shape index (κ3) is 2.80. The average Bonchev–Trinajstić information content (AvgIpc) is 2.71. The number of benzene rings is 2. The van der Waals surface area contributed by atoms with Gasteiger partial charge in [-0.2, -0.15) is 0 Å². The van der Waals surface area contributed by atoms with Gasteiger partial charge < -0.3 is 0 Å². The highest BCUT2D eigenvalue weighted by Crippen LogP contribution is 2.29. The smallest absolute Gasteiger partial charge is 0.00856 e. The van der Waals surface area contributed by atoms with Gasteiger partial charge in [-0.3, -0.25) is 0 Å². The molecule has 0 radical (unpaired) electrons. The van der Waals surface area contributed by atoms with Gasteiger partial charge >= 0.3 is 0 Å².